The van der Waals surface area contributed by atoms with Gasteiger partial charge in [0.2, 0.25) is 5.91 Å². The Morgan fingerprint density at radius 2 is 2.00 bits per heavy atom. The Labute approximate surface area is 136 Å². The number of carbonyl (C=O) groups excluding carboxylic acids is 1. The van der Waals surface area contributed by atoms with E-state index in [0.717, 1.165) is 11.3 Å². The van der Waals surface area contributed by atoms with E-state index in [0.29, 0.717) is 24.4 Å². The molecular weight excluding hydrogens is 300 g/mol. The van der Waals surface area contributed by atoms with Gasteiger partial charge in [0.25, 0.3) is 0 Å². The first-order valence-corrected chi connectivity index (χ1v) is 7.65. The van der Waals surface area contributed by atoms with Crippen molar-refractivity contribution in [1.29, 1.82) is 0 Å². The highest BCUT2D eigenvalue weighted by molar-refractivity contribution is 6.30. The SMILES string of the molecule is CN(C)C(CNC(=O)CCc1ccco1)c1ccc(Cl)cc1. The average molecular weight is 321 g/mol. The van der Waals surface area contributed by atoms with Gasteiger partial charge >= 0.3 is 0 Å². The first kappa shape index (κ1) is 16.6. The number of hydrogen-bond donors (Lipinski definition) is 1. The highest BCUT2D eigenvalue weighted by atomic mass is 35.5. The zero-order valence-electron chi connectivity index (χ0n) is 12.9. The summed E-state index contributed by atoms with van der Waals surface area (Å²) < 4.78 is 5.23. The lowest BCUT2D eigenvalue weighted by atomic mass is 10.1. The van der Waals surface area contributed by atoms with Gasteiger partial charge in [0, 0.05) is 24.4 Å². The van der Waals surface area contributed by atoms with E-state index in [9.17, 15) is 4.79 Å². The van der Waals surface area contributed by atoms with E-state index in [-0.39, 0.29) is 11.9 Å². The molecule has 1 heterocycles. The Morgan fingerprint density at radius 1 is 1.27 bits per heavy atom. The van der Waals surface area contributed by atoms with Crippen LogP contribution >= 0.6 is 11.6 Å². The van der Waals surface area contributed by atoms with Crippen LogP contribution in [0.1, 0.15) is 23.8 Å². The molecule has 1 aromatic carbocycles. The third-order valence-corrected chi connectivity index (χ3v) is 3.80. The van der Waals surface area contributed by atoms with Crippen molar-refractivity contribution >= 4 is 17.5 Å². The van der Waals surface area contributed by atoms with Crippen LogP contribution in [0.4, 0.5) is 0 Å². The molecule has 1 atom stereocenters. The van der Waals surface area contributed by atoms with Crippen LogP contribution in [0.15, 0.2) is 47.1 Å². The molecule has 4 nitrogen and oxygen atoms in total. The van der Waals surface area contributed by atoms with E-state index in [4.69, 9.17) is 16.0 Å². The maximum absolute atomic E-state index is 12.0. The topological polar surface area (TPSA) is 45.5 Å². The number of nitrogens with zero attached hydrogens (tertiary/aromatic N) is 1. The summed E-state index contributed by atoms with van der Waals surface area (Å²) in [6.07, 6.45) is 2.66. The van der Waals surface area contributed by atoms with Gasteiger partial charge < -0.3 is 14.6 Å². The van der Waals surface area contributed by atoms with Crippen molar-refractivity contribution in [3.05, 3.63) is 59.0 Å². The standard InChI is InChI=1S/C17H21ClN2O2/c1-20(2)16(13-5-7-14(18)8-6-13)12-19-17(21)10-9-15-4-3-11-22-15/h3-8,11,16H,9-10,12H2,1-2H3,(H,19,21). The number of aryl methyl sites for hydroxylation is 1. The Bertz CT molecular complexity index is 579. The van der Waals surface area contributed by atoms with Crippen LogP contribution in [0.5, 0.6) is 0 Å². The van der Waals surface area contributed by atoms with Gasteiger partial charge in [0.15, 0.2) is 0 Å². The second-order valence-electron chi connectivity index (χ2n) is 5.41. The molecule has 22 heavy (non-hydrogen) atoms. The summed E-state index contributed by atoms with van der Waals surface area (Å²) >= 11 is 5.92. The lowest BCUT2D eigenvalue weighted by Crippen LogP contribution is -2.34. The van der Waals surface area contributed by atoms with Gasteiger partial charge in [-0.3, -0.25) is 4.79 Å². The molecule has 0 aliphatic carbocycles. The number of halogens is 1. The van der Waals surface area contributed by atoms with Gasteiger partial charge in [-0.05, 0) is 43.9 Å². The first-order chi connectivity index (χ1) is 10.6. The number of benzene rings is 1. The summed E-state index contributed by atoms with van der Waals surface area (Å²) in [5.74, 6) is 0.856. The van der Waals surface area contributed by atoms with Gasteiger partial charge in [-0.2, -0.15) is 0 Å². The Kier molecular flexibility index (Phi) is 6.04. The third kappa shape index (κ3) is 4.90. The lowest BCUT2D eigenvalue weighted by Gasteiger charge is -2.25. The van der Waals surface area contributed by atoms with Crippen molar-refractivity contribution in [3.63, 3.8) is 0 Å². The van der Waals surface area contributed by atoms with E-state index in [1.807, 2.05) is 50.5 Å². The second-order valence-corrected chi connectivity index (χ2v) is 5.85. The minimum atomic E-state index is 0.0252. The molecule has 118 valence electrons. The van der Waals surface area contributed by atoms with Gasteiger partial charge in [0.1, 0.15) is 5.76 Å². The number of furan rings is 1. The predicted molar refractivity (Wildman–Crippen MR) is 87.9 cm³/mol. The zero-order chi connectivity index (χ0) is 15.9. The zero-order valence-corrected chi connectivity index (χ0v) is 13.6. The molecule has 1 aromatic heterocycles. The number of carbonyl (C=O) groups is 1. The molecule has 5 heteroatoms. The fourth-order valence-corrected chi connectivity index (χ4v) is 2.40. The minimum absolute atomic E-state index is 0.0252. The summed E-state index contributed by atoms with van der Waals surface area (Å²) in [5, 5.41) is 3.70. The van der Waals surface area contributed by atoms with Crippen LogP contribution < -0.4 is 5.32 Å². The predicted octanol–water partition coefficient (Wildman–Crippen LogP) is 3.28. The maximum Gasteiger partial charge on any atom is 0.220 e. The minimum Gasteiger partial charge on any atom is -0.469 e. The molecule has 0 spiro atoms. The van der Waals surface area contributed by atoms with Gasteiger partial charge in [-0.1, -0.05) is 23.7 Å². The van der Waals surface area contributed by atoms with E-state index in [1.54, 1.807) is 6.26 Å². The smallest absolute Gasteiger partial charge is 0.220 e. The van der Waals surface area contributed by atoms with Crippen molar-refractivity contribution in [2.75, 3.05) is 20.6 Å². The monoisotopic (exact) mass is 320 g/mol. The molecule has 1 N–H and O–H groups in total. The molecule has 0 bridgehead atoms. The number of hydrogen-bond acceptors (Lipinski definition) is 3. The normalized spacial score (nSPS) is 12.4. The summed E-state index contributed by atoms with van der Waals surface area (Å²) in [6.45, 7) is 0.561. The van der Waals surface area contributed by atoms with Gasteiger partial charge in [-0.15, -0.1) is 0 Å². The van der Waals surface area contributed by atoms with Crippen LogP contribution in [0.2, 0.25) is 5.02 Å². The first-order valence-electron chi connectivity index (χ1n) is 7.27. The molecule has 2 rings (SSSR count). The fourth-order valence-electron chi connectivity index (χ4n) is 2.27. The maximum atomic E-state index is 12.0. The lowest BCUT2D eigenvalue weighted by molar-refractivity contribution is -0.121. The molecule has 0 fully saturated rings. The molecule has 0 aliphatic heterocycles. The summed E-state index contributed by atoms with van der Waals surface area (Å²) in [5.41, 5.74) is 1.13. The Balaban J connectivity index is 1.86. The van der Waals surface area contributed by atoms with E-state index < -0.39 is 0 Å². The van der Waals surface area contributed by atoms with Gasteiger partial charge in [0.05, 0.1) is 12.3 Å². The summed E-state index contributed by atoms with van der Waals surface area (Å²) in [4.78, 5) is 14.0. The van der Waals surface area contributed by atoms with Crippen LogP contribution in [-0.4, -0.2) is 31.4 Å². The summed E-state index contributed by atoms with van der Waals surface area (Å²) in [7, 11) is 3.99. The Morgan fingerprint density at radius 3 is 2.59 bits per heavy atom. The second kappa shape index (κ2) is 8.01. The third-order valence-electron chi connectivity index (χ3n) is 3.55. The number of nitrogens with one attached hydrogen (secondary N) is 1. The van der Waals surface area contributed by atoms with Crippen LogP contribution in [0, 0.1) is 0 Å². The van der Waals surface area contributed by atoms with Crippen LogP contribution in [-0.2, 0) is 11.2 Å². The van der Waals surface area contributed by atoms with Crippen molar-refractivity contribution in [3.8, 4) is 0 Å². The molecule has 0 radical (unpaired) electrons. The molecule has 2 aromatic rings. The van der Waals surface area contributed by atoms with Crippen LogP contribution in [0.3, 0.4) is 0 Å². The molecule has 0 aliphatic rings. The van der Waals surface area contributed by atoms with E-state index in [2.05, 4.69) is 10.2 Å². The summed E-state index contributed by atoms with van der Waals surface area (Å²) in [6, 6.07) is 11.5. The molecule has 0 saturated heterocycles. The Hall–Kier alpha value is -1.78. The fraction of sp³-hybridized carbons (Fsp3) is 0.353. The van der Waals surface area contributed by atoms with Crippen molar-refractivity contribution in [1.82, 2.24) is 10.2 Å². The molecule has 0 saturated carbocycles. The highest BCUT2D eigenvalue weighted by Gasteiger charge is 2.15. The van der Waals surface area contributed by atoms with E-state index in [1.165, 1.54) is 0 Å². The van der Waals surface area contributed by atoms with Crippen molar-refractivity contribution in [2.45, 2.75) is 18.9 Å². The molecular formula is C17H21ClN2O2. The van der Waals surface area contributed by atoms with E-state index >= 15 is 0 Å². The number of likely N-dealkylation sites (N-methyl/N-ethyl adjacent to an activating group) is 1. The quantitative estimate of drug-likeness (QED) is 0.851. The molecule has 1 amide bonds. The van der Waals surface area contributed by atoms with Crippen molar-refractivity contribution in [2.24, 2.45) is 0 Å². The van der Waals surface area contributed by atoms with Crippen molar-refractivity contribution < 1.29 is 9.21 Å². The van der Waals surface area contributed by atoms with Crippen LogP contribution in [0.25, 0.3) is 0 Å². The number of amides is 1. The van der Waals surface area contributed by atoms with Gasteiger partial charge in [-0.25, -0.2) is 0 Å². The molecule has 1 unspecified atom stereocenters. The average Bonchev–Trinajstić information content (AvgIpc) is 3.00. The highest BCUT2D eigenvalue weighted by Crippen LogP contribution is 2.19. The number of rotatable bonds is 7. The largest absolute Gasteiger partial charge is 0.469 e.